The van der Waals surface area contributed by atoms with E-state index in [4.69, 9.17) is 4.74 Å². The highest BCUT2D eigenvalue weighted by molar-refractivity contribution is 5.94. The van der Waals surface area contributed by atoms with E-state index in [-0.39, 0.29) is 0 Å². The normalized spacial score (nSPS) is 16.2. The number of benzene rings is 2. The maximum Gasteiger partial charge on any atom is 0.213 e. The van der Waals surface area contributed by atoms with Crippen molar-refractivity contribution in [2.75, 3.05) is 44.2 Å². The lowest BCUT2D eigenvalue weighted by atomic mass is 10.1. The molecule has 1 aromatic heterocycles. The van der Waals surface area contributed by atoms with Crippen LogP contribution in [0.3, 0.4) is 0 Å². The van der Waals surface area contributed by atoms with Crippen LogP contribution in [0.1, 0.15) is 24.1 Å². The largest absolute Gasteiger partial charge is 0.478 e. The number of rotatable bonds is 7. The van der Waals surface area contributed by atoms with E-state index in [2.05, 4.69) is 62.2 Å². The molecule has 0 aliphatic carbocycles. The number of ether oxygens (including phenoxy) is 1. The molecule has 5 heteroatoms. The predicted molar refractivity (Wildman–Crippen MR) is 123 cm³/mol. The molecule has 0 radical (unpaired) electrons. The van der Waals surface area contributed by atoms with E-state index in [1.165, 1.54) is 16.5 Å². The summed E-state index contributed by atoms with van der Waals surface area (Å²) in [7, 11) is 0. The van der Waals surface area contributed by atoms with Crippen LogP contribution in [0.25, 0.3) is 10.8 Å². The van der Waals surface area contributed by atoms with Gasteiger partial charge in [0, 0.05) is 55.1 Å². The molecule has 0 bridgehead atoms. The summed E-state index contributed by atoms with van der Waals surface area (Å²) < 4.78 is 5.84. The Bertz CT molecular complexity index is 1040. The van der Waals surface area contributed by atoms with Gasteiger partial charge in [0.25, 0.3) is 0 Å². The summed E-state index contributed by atoms with van der Waals surface area (Å²) in [6, 6.07) is 19.3. The molecule has 30 heavy (non-hydrogen) atoms. The molecule has 0 saturated carbocycles. The van der Waals surface area contributed by atoms with Crippen LogP contribution in [0.2, 0.25) is 0 Å². The second-order valence-electron chi connectivity index (χ2n) is 8.04. The number of unbranched alkanes of at least 4 members (excludes halogenated alkanes) is 1. The van der Waals surface area contributed by atoms with Crippen molar-refractivity contribution < 1.29 is 4.74 Å². The Morgan fingerprint density at radius 1 is 0.867 bits per heavy atom. The zero-order valence-corrected chi connectivity index (χ0v) is 17.3. The minimum Gasteiger partial charge on any atom is -0.478 e. The number of pyridine rings is 1. The molecular formula is C25H28N4O. The van der Waals surface area contributed by atoms with Crippen LogP contribution < -0.4 is 9.64 Å². The molecule has 2 aliphatic heterocycles. The van der Waals surface area contributed by atoms with E-state index in [1.807, 2.05) is 18.3 Å². The highest BCUT2D eigenvalue weighted by Crippen LogP contribution is 2.27. The summed E-state index contributed by atoms with van der Waals surface area (Å²) >= 11 is 0. The maximum absolute atomic E-state index is 5.84. The fourth-order valence-electron chi connectivity index (χ4n) is 4.36. The van der Waals surface area contributed by atoms with Crippen LogP contribution in [0.15, 0.2) is 59.6 Å². The number of aromatic nitrogens is 1. The minimum absolute atomic E-state index is 0.678. The van der Waals surface area contributed by atoms with Crippen molar-refractivity contribution in [3.05, 3.63) is 65.9 Å². The molecule has 0 amide bonds. The van der Waals surface area contributed by atoms with E-state index in [1.54, 1.807) is 0 Å². The first kappa shape index (κ1) is 19.1. The smallest absolute Gasteiger partial charge is 0.213 e. The minimum atomic E-state index is 0.678. The van der Waals surface area contributed by atoms with Crippen LogP contribution in [-0.4, -0.2) is 55.4 Å². The number of hydrogen-bond donors (Lipinski definition) is 0. The first-order valence-electron chi connectivity index (χ1n) is 10.9. The third-order valence-electron chi connectivity index (χ3n) is 6.05. The van der Waals surface area contributed by atoms with Gasteiger partial charge in [0.15, 0.2) is 0 Å². The Morgan fingerprint density at radius 2 is 1.73 bits per heavy atom. The molecule has 0 spiro atoms. The van der Waals surface area contributed by atoms with Crippen molar-refractivity contribution in [1.29, 1.82) is 0 Å². The summed E-state index contributed by atoms with van der Waals surface area (Å²) in [5.74, 6) is 0.725. The molecule has 5 rings (SSSR count). The number of aliphatic imine (C=N–C) groups is 1. The van der Waals surface area contributed by atoms with Gasteiger partial charge >= 0.3 is 0 Å². The summed E-state index contributed by atoms with van der Waals surface area (Å²) in [5.41, 5.74) is 3.51. The van der Waals surface area contributed by atoms with Crippen LogP contribution >= 0.6 is 0 Å². The molecule has 3 heterocycles. The first-order chi connectivity index (χ1) is 14.9. The summed E-state index contributed by atoms with van der Waals surface area (Å²) in [4.78, 5) is 13.9. The first-order valence-corrected chi connectivity index (χ1v) is 10.9. The van der Waals surface area contributed by atoms with Crippen LogP contribution in [0.4, 0.5) is 5.69 Å². The summed E-state index contributed by atoms with van der Waals surface area (Å²) in [5, 5.41) is 2.68. The van der Waals surface area contributed by atoms with E-state index < -0.39 is 0 Å². The van der Waals surface area contributed by atoms with E-state index in [9.17, 15) is 0 Å². The molecule has 3 aromatic rings. The lowest BCUT2D eigenvalue weighted by Gasteiger charge is -2.36. The summed E-state index contributed by atoms with van der Waals surface area (Å²) in [6.07, 6.45) is 4.09. The molecule has 1 saturated heterocycles. The van der Waals surface area contributed by atoms with E-state index >= 15 is 0 Å². The molecule has 2 aromatic carbocycles. The van der Waals surface area contributed by atoms with Crippen molar-refractivity contribution in [1.82, 2.24) is 9.88 Å². The Hall–Kier alpha value is -2.92. The third-order valence-corrected chi connectivity index (χ3v) is 6.05. The second-order valence-corrected chi connectivity index (χ2v) is 8.04. The topological polar surface area (TPSA) is 41.0 Å². The fourth-order valence-corrected chi connectivity index (χ4v) is 4.36. The Kier molecular flexibility index (Phi) is 5.62. The standard InChI is InChI=1S/C25H28N4O/c1-2-8-22-20(6-1)7-5-9-24(22)29-15-13-28(14-16-29)12-3-4-17-30-25-11-10-21-18-26-19-23(21)27-25/h1-2,5-11,18H,3-4,12-17,19H2. The van der Waals surface area contributed by atoms with Gasteiger partial charge in [-0.3, -0.25) is 9.89 Å². The fraction of sp³-hybridized carbons (Fsp3) is 0.360. The molecule has 5 nitrogen and oxygen atoms in total. The molecule has 0 atom stereocenters. The number of nitrogens with zero attached hydrogens (tertiary/aromatic N) is 4. The molecular weight excluding hydrogens is 372 g/mol. The molecule has 1 fully saturated rings. The van der Waals surface area contributed by atoms with E-state index in [0.29, 0.717) is 6.54 Å². The van der Waals surface area contributed by atoms with E-state index in [0.717, 1.165) is 69.3 Å². The van der Waals surface area contributed by atoms with Gasteiger partial charge in [-0.05, 0) is 36.9 Å². The number of piperazine rings is 1. The highest BCUT2D eigenvalue weighted by atomic mass is 16.5. The molecule has 154 valence electrons. The van der Waals surface area contributed by atoms with Gasteiger partial charge in [-0.1, -0.05) is 36.4 Å². The van der Waals surface area contributed by atoms with Gasteiger partial charge in [-0.25, -0.2) is 4.98 Å². The van der Waals surface area contributed by atoms with Crippen LogP contribution in [0.5, 0.6) is 5.88 Å². The Morgan fingerprint density at radius 3 is 2.67 bits per heavy atom. The van der Waals surface area contributed by atoms with Crippen molar-refractivity contribution >= 4 is 22.7 Å². The average Bonchev–Trinajstić information content (AvgIpc) is 3.27. The molecule has 0 unspecified atom stereocenters. The van der Waals surface area contributed by atoms with Crippen molar-refractivity contribution in [2.45, 2.75) is 19.4 Å². The van der Waals surface area contributed by atoms with Gasteiger partial charge < -0.3 is 9.64 Å². The SMILES string of the molecule is C1=NCc2nc(OCCCCN3CCN(c4cccc5ccccc45)CC3)ccc21. The van der Waals surface area contributed by atoms with Gasteiger partial charge in [0.1, 0.15) is 0 Å². The predicted octanol–water partition coefficient (Wildman–Crippen LogP) is 4.15. The lowest BCUT2D eigenvalue weighted by Crippen LogP contribution is -2.46. The summed E-state index contributed by atoms with van der Waals surface area (Å²) in [6.45, 7) is 6.96. The van der Waals surface area contributed by atoms with Gasteiger partial charge in [0.2, 0.25) is 5.88 Å². The zero-order chi connectivity index (χ0) is 20.2. The Balaban J connectivity index is 1.05. The zero-order valence-electron chi connectivity index (χ0n) is 17.3. The number of anilines is 1. The van der Waals surface area contributed by atoms with Crippen molar-refractivity contribution in [3.8, 4) is 5.88 Å². The molecule has 2 aliphatic rings. The molecule has 0 N–H and O–H groups in total. The highest BCUT2D eigenvalue weighted by Gasteiger charge is 2.18. The maximum atomic E-state index is 5.84. The quantitative estimate of drug-likeness (QED) is 0.559. The van der Waals surface area contributed by atoms with Gasteiger partial charge in [0.05, 0.1) is 18.8 Å². The van der Waals surface area contributed by atoms with Crippen LogP contribution in [-0.2, 0) is 6.54 Å². The lowest BCUT2D eigenvalue weighted by molar-refractivity contribution is 0.236. The van der Waals surface area contributed by atoms with Crippen molar-refractivity contribution in [2.24, 2.45) is 4.99 Å². The third kappa shape index (κ3) is 4.17. The van der Waals surface area contributed by atoms with Gasteiger partial charge in [-0.2, -0.15) is 0 Å². The average molecular weight is 401 g/mol. The second kappa shape index (κ2) is 8.84. The van der Waals surface area contributed by atoms with Crippen molar-refractivity contribution in [3.63, 3.8) is 0 Å². The van der Waals surface area contributed by atoms with Gasteiger partial charge in [-0.15, -0.1) is 0 Å². The van der Waals surface area contributed by atoms with Crippen LogP contribution in [0, 0.1) is 0 Å². The number of hydrogen-bond acceptors (Lipinski definition) is 5. The monoisotopic (exact) mass is 400 g/mol. The Labute approximate surface area is 178 Å². The number of fused-ring (bicyclic) bond motifs is 2.